The van der Waals surface area contributed by atoms with E-state index in [0.717, 1.165) is 17.1 Å². The van der Waals surface area contributed by atoms with Gasteiger partial charge in [0.2, 0.25) is 0 Å². The van der Waals surface area contributed by atoms with Gasteiger partial charge in [0, 0.05) is 0 Å². The number of ether oxygens (including phenoxy) is 2. The zero-order valence-electron chi connectivity index (χ0n) is 18.0. The maximum atomic E-state index is 12.4. The molecular weight excluding hydrogens is 350 g/mol. The summed E-state index contributed by atoms with van der Waals surface area (Å²) in [7, 11) is 0. The number of benzene rings is 2. The molecule has 4 nitrogen and oxygen atoms in total. The van der Waals surface area contributed by atoms with Crippen molar-refractivity contribution in [2.24, 2.45) is 0 Å². The number of rotatable bonds is 8. The second-order valence-electron chi connectivity index (χ2n) is 8.17. The van der Waals surface area contributed by atoms with E-state index in [9.17, 15) is 4.79 Å². The molecule has 0 heterocycles. The van der Waals surface area contributed by atoms with Crippen LogP contribution in [-0.2, 0) is 10.2 Å². The van der Waals surface area contributed by atoms with Gasteiger partial charge in [0.25, 0.3) is 5.91 Å². The van der Waals surface area contributed by atoms with Crippen molar-refractivity contribution in [1.82, 2.24) is 5.32 Å². The molecule has 0 unspecified atom stereocenters. The Morgan fingerprint density at radius 2 is 1.64 bits per heavy atom. The van der Waals surface area contributed by atoms with E-state index < -0.39 is 6.10 Å². The number of hydrogen-bond acceptors (Lipinski definition) is 3. The van der Waals surface area contributed by atoms with Crippen LogP contribution in [0, 0.1) is 13.8 Å². The maximum absolute atomic E-state index is 12.4. The van der Waals surface area contributed by atoms with Crippen LogP contribution in [0.1, 0.15) is 50.8 Å². The van der Waals surface area contributed by atoms with E-state index >= 15 is 0 Å². The lowest BCUT2D eigenvalue weighted by atomic mass is 9.87. The predicted octanol–water partition coefficient (Wildman–Crippen LogP) is 4.95. The normalized spacial score (nSPS) is 12.4. The molecule has 1 amide bonds. The van der Waals surface area contributed by atoms with Crippen LogP contribution in [0.3, 0.4) is 0 Å². The number of hydrogen-bond donors (Lipinski definition) is 1. The van der Waals surface area contributed by atoms with Crippen LogP contribution in [0.15, 0.2) is 42.5 Å². The molecule has 152 valence electrons. The first kappa shape index (κ1) is 21.8. The third-order valence-corrected chi connectivity index (χ3v) is 4.81. The second kappa shape index (κ2) is 9.63. The van der Waals surface area contributed by atoms with Crippen molar-refractivity contribution in [2.75, 3.05) is 13.2 Å². The van der Waals surface area contributed by atoms with E-state index in [1.807, 2.05) is 44.2 Å². The van der Waals surface area contributed by atoms with Gasteiger partial charge in [-0.1, -0.05) is 45.9 Å². The Morgan fingerprint density at radius 3 is 2.21 bits per heavy atom. The van der Waals surface area contributed by atoms with Crippen LogP contribution < -0.4 is 14.8 Å². The molecule has 0 aliphatic heterocycles. The summed E-state index contributed by atoms with van der Waals surface area (Å²) in [6.07, 6.45) is 0.0987. The van der Waals surface area contributed by atoms with Gasteiger partial charge in [0.1, 0.15) is 18.1 Å². The Balaban J connectivity index is 1.79. The third-order valence-electron chi connectivity index (χ3n) is 4.81. The van der Waals surface area contributed by atoms with Gasteiger partial charge in [0.05, 0.1) is 6.54 Å². The van der Waals surface area contributed by atoms with Crippen LogP contribution in [-0.4, -0.2) is 25.2 Å². The molecule has 0 bridgehead atoms. The van der Waals surface area contributed by atoms with E-state index in [1.165, 1.54) is 11.1 Å². The first-order valence-corrected chi connectivity index (χ1v) is 9.95. The van der Waals surface area contributed by atoms with Crippen molar-refractivity contribution >= 4 is 5.91 Å². The molecule has 2 aromatic rings. The SMILES string of the molecule is CC[C@H](Oc1ccc(C)c(C)c1)C(=O)NCCOc1ccc(C(C)(C)C)cc1. The van der Waals surface area contributed by atoms with Crippen molar-refractivity contribution in [3.63, 3.8) is 0 Å². The zero-order chi connectivity index (χ0) is 20.7. The van der Waals surface area contributed by atoms with E-state index in [1.54, 1.807) is 0 Å². The monoisotopic (exact) mass is 383 g/mol. The summed E-state index contributed by atoms with van der Waals surface area (Å²) in [5.74, 6) is 1.41. The molecule has 2 aromatic carbocycles. The first-order valence-electron chi connectivity index (χ1n) is 9.95. The summed E-state index contributed by atoms with van der Waals surface area (Å²) < 4.78 is 11.6. The second-order valence-corrected chi connectivity index (χ2v) is 8.17. The molecule has 0 saturated carbocycles. The quantitative estimate of drug-likeness (QED) is 0.656. The molecule has 0 radical (unpaired) electrons. The van der Waals surface area contributed by atoms with E-state index in [4.69, 9.17) is 9.47 Å². The number of amides is 1. The molecule has 2 rings (SSSR count). The van der Waals surface area contributed by atoms with Crippen molar-refractivity contribution in [3.05, 3.63) is 59.2 Å². The smallest absolute Gasteiger partial charge is 0.261 e. The molecule has 0 aliphatic carbocycles. The standard InChI is InChI=1S/C24H33NO3/c1-7-22(28-21-11-8-17(2)18(3)16-21)23(26)25-14-15-27-20-12-9-19(10-13-20)24(4,5)6/h8-13,16,22H,7,14-15H2,1-6H3,(H,25,26)/t22-/m0/s1. The molecule has 0 spiro atoms. The summed E-state index contributed by atoms with van der Waals surface area (Å²) in [5, 5.41) is 2.90. The minimum atomic E-state index is -0.506. The number of carbonyl (C=O) groups is 1. The summed E-state index contributed by atoms with van der Waals surface area (Å²) in [6.45, 7) is 13.4. The fourth-order valence-electron chi connectivity index (χ4n) is 2.78. The number of carbonyl (C=O) groups excluding carboxylic acids is 1. The average molecular weight is 384 g/mol. The van der Waals surface area contributed by atoms with Crippen molar-refractivity contribution < 1.29 is 14.3 Å². The fraction of sp³-hybridized carbons (Fsp3) is 0.458. The van der Waals surface area contributed by atoms with Gasteiger partial charge in [-0.15, -0.1) is 0 Å². The minimum Gasteiger partial charge on any atom is -0.492 e. The third kappa shape index (κ3) is 6.29. The van der Waals surface area contributed by atoms with Gasteiger partial charge in [-0.05, 0) is 66.6 Å². The lowest BCUT2D eigenvalue weighted by molar-refractivity contribution is -0.128. The average Bonchev–Trinajstić information content (AvgIpc) is 2.65. The fourth-order valence-corrected chi connectivity index (χ4v) is 2.78. The van der Waals surface area contributed by atoms with Crippen LogP contribution >= 0.6 is 0 Å². The molecule has 1 atom stereocenters. The van der Waals surface area contributed by atoms with Gasteiger partial charge in [-0.25, -0.2) is 0 Å². The summed E-state index contributed by atoms with van der Waals surface area (Å²) in [6, 6.07) is 14.0. The van der Waals surface area contributed by atoms with Gasteiger partial charge < -0.3 is 14.8 Å². The Morgan fingerprint density at radius 1 is 1.00 bits per heavy atom. The highest BCUT2D eigenvalue weighted by Gasteiger charge is 2.18. The molecule has 0 saturated heterocycles. The van der Waals surface area contributed by atoms with E-state index in [0.29, 0.717) is 19.6 Å². The van der Waals surface area contributed by atoms with Gasteiger partial charge in [0.15, 0.2) is 6.10 Å². The zero-order valence-corrected chi connectivity index (χ0v) is 18.0. The highest BCUT2D eigenvalue weighted by Crippen LogP contribution is 2.24. The van der Waals surface area contributed by atoms with E-state index in [2.05, 4.69) is 45.1 Å². The van der Waals surface area contributed by atoms with Crippen molar-refractivity contribution in [3.8, 4) is 11.5 Å². The summed E-state index contributed by atoms with van der Waals surface area (Å²) in [4.78, 5) is 12.4. The topological polar surface area (TPSA) is 47.6 Å². The Labute approximate surface area is 169 Å². The molecule has 0 aliphatic rings. The summed E-state index contributed by atoms with van der Waals surface area (Å²) >= 11 is 0. The van der Waals surface area contributed by atoms with Crippen LogP contribution in [0.4, 0.5) is 0 Å². The Hall–Kier alpha value is -2.49. The predicted molar refractivity (Wildman–Crippen MR) is 114 cm³/mol. The van der Waals surface area contributed by atoms with E-state index in [-0.39, 0.29) is 11.3 Å². The minimum absolute atomic E-state index is 0.118. The van der Waals surface area contributed by atoms with Gasteiger partial charge >= 0.3 is 0 Å². The number of nitrogens with one attached hydrogen (secondary N) is 1. The highest BCUT2D eigenvalue weighted by atomic mass is 16.5. The Bertz CT molecular complexity index is 775. The largest absolute Gasteiger partial charge is 0.492 e. The highest BCUT2D eigenvalue weighted by molar-refractivity contribution is 5.81. The molecule has 0 fully saturated rings. The lowest BCUT2D eigenvalue weighted by Gasteiger charge is -2.19. The molecular formula is C24H33NO3. The molecule has 1 N–H and O–H groups in total. The molecule has 0 aromatic heterocycles. The van der Waals surface area contributed by atoms with Crippen LogP contribution in [0.2, 0.25) is 0 Å². The van der Waals surface area contributed by atoms with Crippen LogP contribution in [0.5, 0.6) is 11.5 Å². The summed E-state index contributed by atoms with van der Waals surface area (Å²) in [5.41, 5.74) is 3.75. The Kier molecular flexibility index (Phi) is 7.50. The van der Waals surface area contributed by atoms with Gasteiger partial charge in [-0.2, -0.15) is 0 Å². The number of aryl methyl sites for hydroxylation is 2. The first-order chi connectivity index (χ1) is 13.2. The molecule has 28 heavy (non-hydrogen) atoms. The maximum Gasteiger partial charge on any atom is 0.261 e. The van der Waals surface area contributed by atoms with Gasteiger partial charge in [-0.3, -0.25) is 4.79 Å². The van der Waals surface area contributed by atoms with Crippen LogP contribution in [0.25, 0.3) is 0 Å². The molecule has 4 heteroatoms. The van der Waals surface area contributed by atoms with Crippen molar-refractivity contribution in [1.29, 1.82) is 0 Å². The lowest BCUT2D eigenvalue weighted by Crippen LogP contribution is -2.39. The van der Waals surface area contributed by atoms with Crippen molar-refractivity contribution in [2.45, 2.75) is 59.5 Å².